The minimum absolute atomic E-state index is 0.647. The summed E-state index contributed by atoms with van der Waals surface area (Å²) in [5.74, 6) is 0.647. The van der Waals surface area contributed by atoms with Crippen LogP contribution in [0.15, 0.2) is 48.1 Å². The summed E-state index contributed by atoms with van der Waals surface area (Å²) in [7, 11) is 0. The van der Waals surface area contributed by atoms with Gasteiger partial charge in [-0.1, -0.05) is 57.2 Å². The van der Waals surface area contributed by atoms with E-state index in [0.29, 0.717) is 5.92 Å². The van der Waals surface area contributed by atoms with Crippen LogP contribution in [0.1, 0.15) is 34.1 Å². The van der Waals surface area contributed by atoms with Gasteiger partial charge in [0.1, 0.15) is 0 Å². The van der Waals surface area contributed by atoms with E-state index in [-0.39, 0.29) is 0 Å². The van der Waals surface area contributed by atoms with Crippen molar-refractivity contribution in [2.24, 2.45) is 5.92 Å². The van der Waals surface area contributed by atoms with E-state index in [9.17, 15) is 0 Å². The van der Waals surface area contributed by atoms with Gasteiger partial charge in [-0.2, -0.15) is 0 Å². The molecule has 0 aliphatic heterocycles. The van der Waals surface area contributed by atoms with Gasteiger partial charge in [-0.25, -0.2) is 0 Å². The zero-order valence-corrected chi connectivity index (χ0v) is 9.88. The first kappa shape index (κ1) is 13.0. The molecule has 0 saturated heterocycles. The van der Waals surface area contributed by atoms with Crippen molar-refractivity contribution in [3.63, 3.8) is 0 Å². The van der Waals surface area contributed by atoms with Crippen molar-refractivity contribution in [3.05, 3.63) is 48.1 Å². The lowest BCUT2D eigenvalue weighted by atomic mass is 10.00. The van der Waals surface area contributed by atoms with Gasteiger partial charge in [0.05, 0.1) is 0 Å². The van der Waals surface area contributed by atoms with Crippen LogP contribution in [0, 0.1) is 5.92 Å². The van der Waals surface area contributed by atoms with Crippen molar-refractivity contribution in [3.8, 4) is 0 Å². The summed E-state index contributed by atoms with van der Waals surface area (Å²) in [5, 5.41) is 0. The van der Waals surface area contributed by atoms with Gasteiger partial charge < -0.3 is 0 Å². The Morgan fingerprint density at radius 1 is 1.43 bits per heavy atom. The molecule has 1 unspecified atom stereocenters. The predicted molar refractivity (Wildman–Crippen MR) is 66.3 cm³/mol. The minimum Gasteiger partial charge on any atom is -0.0990 e. The average molecular weight is 190 g/mol. The number of hydrogen-bond donors (Lipinski definition) is 0. The van der Waals surface area contributed by atoms with Gasteiger partial charge >= 0.3 is 0 Å². The highest BCUT2D eigenvalue weighted by Crippen LogP contribution is 2.15. The fraction of sp³-hybridized carbons (Fsp3) is 0.429. The van der Waals surface area contributed by atoms with Gasteiger partial charge in [0.25, 0.3) is 0 Å². The first-order chi connectivity index (χ1) is 6.65. The van der Waals surface area contributed by atoms with E-state index in [0.717, 1.165) is 0 Å². The highest BCUT2D eigenvalue weighted by molar-refractivity contribution is 5.40. The molecule has 0 aliphatic carbocycles. The van der Waals surface area contributed by atoms with Gasteiger partial charge in [-0.05, 0) is 30.9 Å². The molecule has 0 spiro atoms. The molecule has 0 aromatic carbocycles. The van der Waals surface area contributed by atoms with Gasteiger partial charge in [0.2, 0.25) is 0 Å². The fourth-order valence-corrected chi connectivity index (χ4v) is 1.27. The summed E-state index contributed by atoms with van der Waals surface area (Å²) in [6.07, 6.45) is 11.6. The summed E-state index contributed by atoms with van der Waals surface area (Å²) in [6, 6.07) is 0. The molecule has 0 amide bonds. The Bertz CT molecular complexity index is 251. The molecule has 0 nitrogen and oxygen atoms in total. The summed E-state index contributed by atoms with van der Waals surface area (Å²) < 4.78 is 0. The molecule has 0 aliphatic rings. The van der Waals surface area contributed by atoms with Crippen molar-refractivity contribution in [2.75, 3.05) is 0 Å². The molecule has 0 N–H and O–H groups in total. The largest absolute Gasteiger partial charge is 0.0990 e. The topological polar surface area (TPSA) is 0 Å². The van der Waals surface area contributed by atoms with E-state index in [1.54, 1.807) is 0 Å². The molecule has 0 saturated carbocycles. The molecule has 1 atom stereocenters. The highest BCUT2D eigenvalue weighted by Gasteiger charge is 1.98. The lowest BCUT2D eigenvalue weighted by Gasteiger charge is -2.06. The molecule has 0 aromatic heterocycles. The van der Waals surface area contributed by atoms with Crippen LogP contribution in [0.3, 0.4) is 0 Å². The van der Waals surface area contributed by atoms with E-state index < -0.39 is 0 Å². The Kier molecular flexibility index (Phi) is 6.82. The van der Waals surface area contributed by atoms with Crippen LogP contribution < -0.4 is 0 Å². The minimum atomic E-state index is 0.647. The standard InChI is InChI=1S/C14H22/c1-6-9-14(10-7-2)13(5)11-12(4)8-3/h6-7,9-12H,1,8H2,2-5H3/b10-7-,13-11+,14-9+. The van der Waals surface area contributed by atoms with Crippen molar-refractivity contribution in [1.29, 1.82) is 0 Å². The van der Waals surface area contributed by atoms with Crippen LogP contribution in [-0.4, -0.2) is 0 Å². The molecule has 0 fully saturated rings. The molecule has 0 radical (unpaired) electrons. The van der Waals surface area contributed by atoms with Crippen LogP contribution in [-0.2, 0) is 0 Å². The molecular formula is C14H22. The lowest BCUT2D eigenvalue weighted by molar-refractivity contribution is 0.694. The predicted octanol–water partition coefficient (Wildman–Crippen LogP) is 4.67. The quantitative estimate of drug-likeness (QED) is 0.553. The molecule has 14 heavy (non-hydrogen) atoms. The second kappa shape index (κ2) is 7.37. The third kappa shape index (κ3) is 4.86. The van der Waals surface area contributed by atoms with Gasteiger partial charge in [0, 0.05) is 0 Å². The van der Waals surface area contributed by atoms with E-state index >= 15 is 0 Å². The normalized spacial score (nSPS) is 16.0. The fourth-order valence-electron chi connectivity index (χ4n) is 1.27. The summed E-state index contributed by atoms with van der Waals surface area (Å²) in [6.45, 7) is 12.4. The smallest absolute Gasteiger partial charge is 0.0234 e. The molecular weight excluding hydrogens is 168 g/mol. The summed E-state index contributed by atoms with van der Waals surface area (Å²) >= 11 is 0. The molecule has 0 heteroatoms. The third-order valence-electron chi connectivity index (χ3n) is 2.28. The maximum Gasteiger partial charge on any atom is -0.0234 e. The van der Waals surface area contributed by atoms with Crippen molar-refractivity contribution < 1.29 is 0 Å². The summed E-state index contributed by atoms with van der Waals surface area (Å²) in [5.41, 5.74) is 2.58. The molecule has 78 valence electrons. The Labute approximate surface area is 88.7 Å². The Morgan fingerprint density at radius 3 is 2.50 bits per heavy atom. The Morgan fingerprint density at radius 2 is 2.07 bits per heavy atom. The monoisotopic (exact) mass is 190 g/mol. The number of rotatable bonds is 5. The maximum absolute atomic E-state index is 3.73. The van der Waals surface area contributed by atoms with E-state index in [1.165, 1.54) is 17.6 Å². The van der Waals surface area contributed by atoms with Crippen molar-refractivity contribution >= 4 is 0 Å². The molecule has 0 rings (SSSR count). The van der Waals surface area contributed by atoms with Crippen LogP contribution in [0.25, 0.3) is 0 Å². The molecule has 0 bridgehead atoms. The van der Waals surface area contributed by atoms with E-state index in [1.807, 2.05) is 19.1 Å². The van der Waals surface area contributed by atoms with Crippen LogP contribution in [0.5, 0.6) is 0 Å². The number of allylic oxidation sites excluding steroid dienone is 7. The SMILES string of the molecule is C=C/C=C(\C=C/C)C(/C)=C/C(C)CC. The van der Waals surface area contributed by atoms with Crippen LogP contribution in [0.4, 0.5) is 0 Å². The van der Waals surface area contributed by atoms with Gasteiger partial charge in [0.15, 0.2) is 0 Å². The second-order valence-electron chi connectivity index (χ2n) is 3.59. The average Bonchev–Trinajstić information content (AvgIpc) is 2.17. The Hall–Kier alpha value is -1.04. The first-order valence-corrected chi connectivity index (χ1v) is 5.29. The third-order valence-corrected chi connectivity index (χ3v) is 2.28. The Balaban J connectivity index is 4.75. The van der Waals surface area contributed by atoms with Gasteiger partial charge in [-0.15, -0.1) is 0 Å². The molecule has 0 heterocycles. The molecule has 0 aromatic rings. The first-order valence-electron chi connectivity index (χ1n) is 5.29. The zero-order chi connectivity index (χ0) is 11.0. The van der Waals surface area contributed by atoms with E-state index in [4.69, 9.17) is 0 Å². The maximum atomic E-state index is 3.73. The van der Waals surface area contributed by atoms with Crippen molar-refractivity contribution in [2.45, 2.75) is 34.1 Å². The highest BCUT2D eigenvalue weighted by atomic mass is 14.0. The van der Waals surface area contributed by atoms with E-state index in [2.05, 4.69) is 45.6 Å². The summed E-state index contributed by atoms with van der Waals surface area (Å²) in [4.78, 5) is 0. The van der Waals surface area contributed by atoms with Crippen molar-refractivity contribution in [1.82, 2.24) is 0 Å². The van der Waals surface area contributed by atoms with Crippen LogP contribution >= 0.6 is 0 Å². The lowest BCUT2D eigenvalue weighted by Crippen LogP contribution is -1.89. The van der Waals surface area contributed by atoms with Crippen LogP contribution in [0.2, 0.25) is 0 Å². The van der Waals surface area contributed by atoms with Gasteiger partial charge in [-0.3, -0.25) is 0 Å². The number of hydrogen-bond acceptors (Lipinski definition) is 0. The zero-order valence-electron chi connectivity index (χ0n) is 9.88. The second-order valence-corrected chi connectivity index (χ2v) is 3.59.